The van der Waals surface area contributed by atoms with Gasteiger partial charge >= 0.3 is 0 Å². The van der Waals surface area contributed by atoms with Crippen molar-refractivity contribution in [3.63, 3.8) is 0 Å². The first-order valence-electron chi connectivity index (χ1n) is 7.14. The van der Waals surface area contributed by atoms with Crippen LogP contribution in [-0.2, 0) is 20.0 Å². The number of carbonyl (C=O) groups excluding carboxylic acids is 1. The molecule has 3 rings (SSSR count). The number of carbonyl (C=O) groups is 1. The smallest absolute Gasteiger partial charge is 0.257 e. The summed E-state index contributed by atoms with van der Waals surface area (Å²) in [5.74, 6) is 1.43. The predicted molar refractivity (Wildman–Crippen MR) is 81.2 cm³/mol. The van der Waals surface area contributed by atoms with Gasteiger partial charge in [0.25, 0.3) is 5.91 Å². The fraction of sp³-hybridized carbons (Fsp3) is 0.375. The Balaban J connectivity index is 1.85. The van der Waals surface area contributed by atoms with Gasteiger partial charge < -0.3 is 14.4 Å². The Hall–Kier alpha value is -2.50. The number of hydrogen-bond acceptors (Lipinski definition) is 4. The minimum absolute atomic E-state index is 0.00790. The Morgan fingerprint density at radius 3 is 2.45 bits per heavy atom. The van der Waals surface area contributed by atoms with E-state index in [2.05, 4.69) is 5.10 Å². The summed E-state index contributed by atoms with van der Waals surface area (Å²) >= 11 is 0. The number of rotatable bonds is 3. The fourth-order valence-corrected chi connectivity index (χ4v) is 2.77. The zero-order valence-corrected chi connectivity index (χ0v) is 13.0. The highest BCUT2D eigenvalue weighted by Crippen LogP contribution is 2.33. The van der Waals surface area contributed by atoms with E-state index in [0.29, 0.717) is 24.4 Å². The van der Waals surface area contributed by atoms with Crippen molar-refractivity contribution in [3.8, 4) is 11.5 Å². The average molecular weight is 301 g/mol. The molecule has 0 saturated carbocycles. The Morgan fingerprint density at radius 1 is 1.18 bits per heavy atom. The molecule has 0 spiro atoms. The van der Waals surface area contributed by atoms with Gasteiger partial charge in [-0.15, -0.1) is 0 Å². The maximum atomic E-state index is 12.5. The lowest BCUT2D eigenvalue weighted by Crippen LogP contribution is -2.35. The lowest BCUT2D eigenvalue weighted by atomic mass is 9.98. The number of amides is 1. The van der Waals surface area contributed by atoms with E-state index in [-0.39, 0.29) is 5.91 Å². The van der Waals surface area contributed by atoms with E-state index < -0.39 is 0 Å². The van der Waals surface area contributed by atoms with Gasteiger partial charge in [-0.2, -0.15) is 5.10 Å². The van der Waals surface area contributed by atoms with Crippen LogP contribution in [0.2, 0.25) is 0 Å². The van der Waals surface area contributed by atoms with Gasteiger partial charge in [0.15, 0.2) is 11.5 Å². The zero-order chi connectivity index (χ0) is 15.7. The summed E-state index contributed by atoms with van der Waals surface area (Å²) < 4.78 is 12.3. The standard InChI is InChI=1S/C16H19N3O3/c1-18-9-13(8-17-18)16(20)19-5-4-11-6-14(21-2)15(22-3)7-12(11)10-19/h6-9H,4-5,10H2,1-3H3. The van der Waals surface area contributed by atoms with Gasteiger partial charge in [0.1, 0.15) is 0 Å². The van der Waals surface area contributed by atoms with Crippen molar-refractivity contribution in [2.24, 2.45) is 7.05 Å². The second kappa shape index (κ2) is 5.71. The Kier molecular flexibility index (Phi) is 3.75. The van der Waals surface area contributed by atoms with Crippen LogP contribution in [0.4, 0.5) is 0 Å². The number of benzene rings is 1. The number of hydrogen-bond donors (Lipinski definition) is 0. The van der Waals surface area contributed by atoms with Gasteiger partial charge in [0, 0.05) is 26.3 Å². The first kappa shape index (κ1) is 14.4. The minimum Gasteiger partial charge on any atom is -0.493 e. The summed E-state index contributed by atoms with van der Waals surface area (Å²) in [7, 11) is 5.05. The molecule has 116 valence electrons. The van der Waals surface area contributed by atoms with Crippen LogP contribution < -0.4 is 9.47 Å². The van der Waals surface area contributed by atoms with Crippen LogP contribution >= 0.6 is 0 Å². The molecule has 6 heteroatoms. The molecule has 2 aromatic rings. The average Bonchev–Trinajstić information content (AvgIpc) is 2.98. The number of aryl methyl sites for hydroxylation is 1. The van der Waals surface area contributed by atoms with Crippen LogP contribution in [-0.4, -0.2) is 41.4 Å². The van der Waals surface area contributed by atoms with Gasteiger partial charge in [-0.25, -0.2) is 0 Å². The van der Waals surface area contributed by atoms with E-state index in [1.54, 1.807) is 38.3 Å². The molecule has 1 aromatic heterocycles. The topological polar surface area (TPSA) is 56.6 Å². The SMILES string of the molecule is COc1cc2c(cc1OC)CN(C(=O)c1cnn(C)c1)CC2. The highest BCUT2D eigenvalue weighted by atomic mass is 16.5. The van der Waals surface area contributed by atoms with Crippen molar-refractivity contribution in [3.05, 3.63) is 41.2 Å². The van der Waals surface area contributed by atoms with Crippen LogP contribution in [0.5, 0.6) is 11.5 Å². The van der Waals surface area contributed by atoms with Crippen molar-refractivity contribution in [1.82, 2.24) is 14.7 Å². The molecule has 0 bridgehead atoms. The predicted octanol–water partition coefficient (Wildman–Crippen LogP) is 1.64. The monoisotopic (exact) mass is 301 g/mol. The Labute approximate surface area is 129 Å². The van der Waals surface area contributed by atoms with E-state index in [9.17, 15) is 4.79 Å². The van der Waals surface area contributed by atoms with Gasteiger partial charge in [-0.1, -0.05) is 0 Å². The second-order valence-corrected chi connectivity index (χ2v) is 5.36. The van der Waals surface area contributed by atoms with Gasteiger partial charge in [-0.3, -0.25) is 9.48 Å². The molecule has 0 unspecified atom stereocenters. The summed E-state index contributed by atoms with van der Waals surface area (Å²) in [5.41, 5.74) is 2.92. The fourth-order valence-electron chi connectivity index (χ4n) is 2.77. The third-order valence-corrected chi connectivity index (χ3v) is 3.96. The summed E-state index contributed by atoms with van der Waals surface area (Å²) in [6.45, 7) is 1.26. The largest absolute Gasteiger partial charge is 0.493 e. The molecular weight excluding hydrogens is 282 g/mol. The van der Waals surface area contributed by atoms with Crippen molar-refractivity contribution in [1.29, 1.82) is 0 Å². The number of nitrogens with zero attached hydrogens (tertiary/aromatic N) is 3. The third kappa shape index (κ3) is 2.52. The molecule has 0 N–H and O–H groups in total. The molecule has 6 nitrogen and oxygen atoms in total. The lowest BCUT2D eigenvalue weighted by Gasteiger charge is -2.29. The van der Waals surface area contributed by atoms with E-state index in [0.717, 1.165) is 17.7 Å². The molecule has 0 saturated heterocycles. The van der Waals surface area contributed by atoms with Crippen LogP contribution in [0.15, 0.2) is 24.5 Å². The molecule has 0 fully saturated rings. The second-order valence-electron chi connectivity index (χ2n) is 5.36. The molecule has 0 aliphatic carbocycles. The third-order valence-electron chi connectivity index (χ3n) is 3.96. The molecule has 0 atom stereocenters. The van der Waals surface area contributed by atoms with Crippen LogP contribution in [0.1, 0.15) is 21.5 Å². The molecule has 1 aliphatic heterocycles. The van der Waals surface area contributed by atoms with Gasteiger partial charge in [0.2, 0.25) is 0 Å². The Bertz CT molecular complexity index is 709. The first-order chi connectivity index (χ1) is 10.6. The normalized spacial score (nSPS) is 13.7. The number of fused-ring (bicyclic) bond motifs is 1. The lowest BCUT2D eigenvalue weighted by molar-refractivity contribution is 0.0734. The first-order valence-corrected chi connectivity index (χ1v) is 7.14. The van der Waals surface area contributed by atoms with Crippen molar-refractivity contribution in [2.75, 3.05) is 20.8 Å². The molecular formula is C16H19N3O3. The number of aromatic nitrogens is 2. The van der Waals surface area contributed by atoms with E-state index in [1.165, 1.54) is 5.56 Å². The van der Waals surface area contributed by atoms with Crippen LogP contribution in [0, 0.1) is 0 Å². The van der Waals surface area contributed by atoms with Crippen LogP contribution in [0.25, 0.3) is 0 Å². The van der Waals surface area contributed by atoms with Gasteiger partial charge in [-0.05, 0) is 29.7 Å². The molecule has 22 heavy (non-hydrogen) atoms. The van der Waals surface area contributed by atoms with Crippen molar-refractivity contribution < 1.29 is 14.3 Å². The van der Waals surface area contributed by atoms with Gasteiger partial charge in [0.05, 0.1) is 26.0 Å². The highest BCUT2D eigenvalue weighted by Gasteiger charge is 2.24. The molecule has 0 radical (unpaired) electrons. The minimum atomic E-state index is 0.00790. The van der Waals surface area contributed by atoms with Crippen molar-refractivity contribution in [2.45, 2.75) is 13.0 Å². The zero-order valence-electron chi connectivity index (χ0n) is 13.0. The summed E-state index contributed by atoms with van der Waals surface area (Å²) in [5, 5.41) is 4.06. The quantitative estimate of drug-likeness (QED) is 0.865. The summed E-state index contributed by atoms with van der Waals surface area (Å²) in [6.07, 6.45) is 4.15. The molecule has 1 amide bonds. The number of ether oxygens (including phenoxy) is 2. The van der Waals surface area contributed by atoms with Crippen molar-refractivity contribution >= 4 is 5.91 Å². The highest BCUT2D eigenvalue weighted by molar-refractivity contribution is 5.93. The maximum Gasteiger partial charge on any atom is 0.257 e. The molecule has 1 aliphatic rings. The van der Waals surface area contributed by atoms with E-state index in [4.69, 9.17) is 9.47 Å². The molecule has 1 aromatic carbocycles. The Morgan fingerprint density at radius 2 is 1.86 bits per heavy atom. The summed E-state index contributed by atoms with van der Waals surface area (Å²) in [6, 6.07) is 3.96. The maximum absolute atomic E-state index is 12.5. The van der Waals surface area contributed by atoms with E-state index >= 15 is 0 Å². The number of methoxy groups -OCH3 is 2. The van der Waals surface area contributed by atoms with E-state index in [1.807, 2.05) is 17.0 Å². The summed E-state index contributed by atoms with van der Waals surface area (Å²) in [4.78, 5) is 14.4. The van der Waals surface area contributed by atoms with Crippen LogP contribution in [0.3, 0.4) is 0 Å². The molecule has 2 heterocycles.